The predicted molar refractivity (Wildman–Crippen MR) is 78.1 cm³/mol. The van der Waals surface area contributed by atoms with Crippen molar-refractivity contribution in [3.63, 3.8) is 0 Å². The van der Waals surface area contributed by atoms with Gasteiger partial charge in [-0.05, 0) is 49.2 Å². The Labute approximate surface area is 118 Å². The van der Waals surface area contributed by atoms with Crippen LogP contribution in [-0.2, 0) is 6.54 Å². The summed E-state index contributed by atoms with van der Waals surface area (Å²) in [6.45, 7) is 4.63. The maximum atomic E-state index is 12.9. The first kappa shape index (κ1) is 14.3. The lowest BCUT2D eigenvalue weighted by Gasteiger charge is -2.19. The summed E-state index contributed by atoms with van der Waals surface area (Å²) in [5, 5.41) is 0. The third kappa shape index (κ3) is 3.23. The molecule has 0 heterocycles. The van der Waals surface area contributed by atoms with Crippen molar-refractivity contribution in [3.8, 4) is 0 Å². The number of carbonyl (C=O) groups excluding carboxylic acids is 1. The van der Waals surface area contributed by atoms with Crippen molar-refractivity contribution in [2.45, 2.75) is 20.4 Å². The molecule has 0 aliphatic heterocycles. The van der Waals surface area contributed by atoms with E-state index in [0.29, 0.717) is 12.1 Å². The number of benzene rings is 2. The second-order valence-electron chi connectivity index (χ2n) is 5.10. The second-order valence-corrected chi connectivity index (χ2v) is 5.10. The van der Waals surface area contributed by atoms with Crippen LogP contribution in [0.3, 0.4) is 0 Å². The Kier molecular flexibility index (Phi) is 4.18. The molecule has 2 aromatic carbocycles. The molecule has 0 radical (unpaired) electrons. The third-order valence-corrected chi connectivity index (χ3v) is 3.34. The molecule has 2 rings (SSSR count). The fourth-order valence-electron chi connectivity index (χ4n) is 2.16. The second kappa shape index (κ2) is 5.87. The van der Waals surface area contributed by atoms with Gasteiger partial charge in [0, 0.05) is 19.2 Å². The Morgan fingerprint density at radius 1 is 1.10 bits per heavy atom. The average Bonchev–Trinajstić information content (AvgIpc) is 2.42. The number of hydrogen-bond donors (Lipinski definition) is 0. The van der Waals surface area contributed by atoms with Gasteiger partial charge >= 0.3 is 0 Å². The van der Waals surface area contributed by atoms with Crippen LogP contribution in [0.15, 0.2) is 42.5 Å². The van der Waals surface area contributed by atoms with Gasteiger partial charge in [-0.1, -0.05) is 23.8 Å². The number of amides is 1. The van der Waals surface area contributed by atoms with Gasteiger partial charge in [-0.15, -0.1) is 0 Å². The Bertz CT molecular complexity index is 619. The summed E-state index contributed by atoms with van der Waals surface area (Å²) in [7, 11) is 1.75. The molecule has 0 atom stereocenters. The molecule has 0 aromatic heterocycles. The summed E-state index contributed by atoms with van der Waals surface area (Å²) in [5.41, 5.74) is 4.00. The van der Waals surface area contributed by atoms with Gasteiger partial charge < -0.3 is 4.90 Å². The van der Waals surface area contributed by atoms with Crippen LogP contribution >= 0.6 is 0 Å². The molecule has 0 aliphatic rings. The first-order valence-corrected chi connectivity index (χ1v) is 6.54. The lowest BCUT2D eigenvalue weighted by atomic mass is 10.1. The van der Waals surface area contributed by atoms with E-state index < -0.39 is 0 Å². The summed E-state index contributed by atoms with van der Waals surface area (Å²) in [6.07, 6.45) is 0. The lowest BCUT2D eigenvalue weighted by Crippen LogP contribution is -2.26. The highest BCUT2D eigenvalue weighted by Gasteiger charge is 2.12. The van der Waals surface area contributed by atoms with Crippen LogP contribution in [0.2, 0.25) is 0 Å². The zero-order valence-corrected chi connectivity index (χ0v) is 12.0. The van der Waals surface area contributed by atoms with Crippen LogP contribution in [0.4, 0.5) is 4.39 Å². The Hall–Kier alpha value is -2.16. The number of hydrogen-bond acceptors (Lipinski definition) is 1. The fourth-order valence-corrected chi connectivity index (χ4v) is 2.16. The topological polar surface area (TPSA) is 20.3 Å². The molecule has 3 heteroatoms. The van der Waals surface area contributed by atoms with Crippen molar-refractivity contribution in [1.29, 1.82) is 0 Å². The van der Waals surface area contributed by atoms with Crippen LogP contribution in [0.25, 0.3) is 0 Å². The number of halogens is 1. The maximum Gasteiger partial charge on any atom is 0.253 e. The smallest absolute Gasteiger partial charge is 0.253 e. The van der Waals surface area contributed by atoms with Gasteiger partial charge in [-0.3, -0.25) is 4.79 Å². The molecule has 104 valence electrons. The summed E-state index contributed by atoms with van der Waals surface area (Å²) >= 11 is 0. The normalized spacial score (nSPS) is 10.4. The monoisotopic (exact) mass is 271 g/mol. The molecular formula is C17H18FNO. The van der Waals surface area contributed by atoms with E-state index >= 15 is 0 Å². The van der Waals surface area contributed by atoms with E-state index in [-0.39, 0.29) is 11.7 Å². The van der Waals surface area contributed by atoms with Crippen molar-refractivity contribution < 1.29 is 9.18 Å². The van der Waals surface area contributed by atoms with Crippen molar-refractivity contribution in [2.24, 2.45) is 0 Å². The quantitative estimate of drug-likeness (QED) is 0.833. The Morgan fingerprint density at radius 2 is 1.75 bits per heavy atom. The van der Waals surface area contributed by atoms with Gasteiger partial charge in [0.05, 0.1) is 0 Å². The van der Waals surface area contributed by atoms with Crippen LogP contribution < -0.4 is 0 Å². The van der Waals surface area contributed by atoms with Crippen LogP contribution in [-0.4, -0.2) is 17.9 Å². The maximum absolute atomic E-state index is 12.9. The zero-order valence-electron chi connectivity index (χ0n) is 12.0. The van der Waals surface area contributed by atoms with E-state index in [1.807, 2.05) is 26.0 Å². The minimum absolute atomic E-state index is 0.107. The average molecular weight is 271 g/mol. The van der Waals surface area contributed by atoms with Crippen molar-refractivity contribution in [1.82, 2.24) is 4.90 Å². The summed E-state index contributed by atoms with van der Waals surface area (Å²) in [6, 6.07) is 11.8. The molecule has 0 spiro atoms. The van der Waals surface area contributed by atoms with Gasteiger partial charge in [0.15, 0.2) is 0 Å². The zero-order chi connectivity index (χ0) is 14.7. The summed E-state index contributed by atoms with van der Waals surface area (Å²) in [5.74, 6) is -0.441. The fraction of sp³-hybridized carbons (Fsp3) is 0.235. The van der Waals surface area contributed by atoms with Gasteiger partial charge in [-0.2, -0.15) is 0 Å². The molecule has 0 unspecified atom stereocenters. The van der Waals surface area contributed by atoms with E-state index in [1.54, 1.807) is 11.9 Å². The number of rotatable bonds is 3. The van der Waals surface area contributed by atoms with Crippen molar-refractivity contribution >= 4 is 5.91 Å². The van der Waals surface area contributed by atoms with Crippen molar-refractivity contribution in [2.75, 3.05) is 7.05 Å². The van der Waals surface area contributed by atoms with Gasteiger partial charge in [0.2, 0.25) is 0 Å². The molecule has 2 nitrogen and oxygen atoms in total. The van der Waals surface area contributed by atoms with E-state index in [0.717, 1.165) is 5.56 Å². The Balaban J connectivity index is 2.13. The molecule has 0 N–H and O–H groups in total. The molecule has 1 amide bonds. The molecule has 0 saturated heterocycles. The highest BCUT2D eigenvalue weighted by Crippen LogP contribution is 2.14. The van der Waals surface area contributed by atoms with Crippen molar-refractivity contribution in [3.05, 3.63) is 70.5 Å². The lowest BCUT2D eigenvalue weighted by molar-refractivity contribution is 0.0785. The highest BCUT2D eigenvalue weighted by molar-refractivity contribution is 5.93. The Morgan fingerprint density at radius 3 is 2.35 bits per heavy atom. The highest BCUT2D eigenvalue weighted by atomic mass is 19.1. The first-order valence-electron chi connectivity index (χ1n) is 6.54. The first-order chi connectivity index (χ1) is 9.47. The molecule has 0 aliphatic carbocycles. The number of nitrogens with zero attached hydrogens (tertiary/aromatic N) is 1. The molecule has 2 aromatic rings. The predicted octanol–water partition coefficient (Wildman–Crippen LogP) is 3.71. The van der Waals surface area contributed by atoms with Crippen LogP contribution in [0, 0.1) is 19.7 Å². The van der Waals surface area contributed by atoms with Crippen LogP contribution in [0.5, 0.6) is 0 Å². The van der Waals surface area contributed by atoms with E-state index in [2.05, 4.69) is 6.07 Å². The molecule has 20 heavy (non-hydrogen) atoms. The van der Waals surface area contributed by atoms with Crippen LogP contribution in [0.1, 0.15) is 27.0 Å². The third-order valence-electron chi connectivity index (χ3n) is 3.34. The van der Waals surface area contributed by atoms with Gasteiger partial charge in [-0.25, -0.2) is 4.39 Å². The van der Waals surface area contributed by atoms with E-state index in [1.165, 1.54) is 35.4 Å². The summed E-state index contributed by atoms with van der Waals surface area (Å²) < 4.78 is 12.9. The van der Waals surface area contributed by atoms with Gasteiger partial charge in [0.1, 0.15) is 5.82 Å². The minimum atomic E-state index is -0.335. The molecular weight excluding hydrogens is 253 g/mol. The number of carbonyl (C=O) groups is 1. The summed E-state index contributed by atoms with van der Waals surface area (Å²) in [4.78, 5) is 13.9. The minimum Gasteiger partial charge on any atom is -0.337 e. The van der Waals surface area contributed by atoms with E-state index in [9.17, 15) is 9.18 Å². The number of aryl methyl sites for hydroxylation is 2. The molecule has 0 bridgehead atoms. The largest absolute Gasteiger partial charge is 0.337 e. The van der Waals surface area contributed by atoms with E-state index in [4.69, 9.17) is 0 Å². The molecule has 0 saturated carbocycles. The standard InChI is InChI=1S/C17H18FNO/c1-12-4-5-15(13(2)10-12)11-19(3)17(20)14-6-8-16(18)9-7-14/h4-10H,11H2,1-3H3. The molecule has 0 fully saturated rings. The van der Waals surface area contributed by atoms with Gasteiger partial charge in [0.25, 0.3) is 5.91 Å². The SMILES string of the molecule is Cc1ccc(CN(C)C(=O)c2ccc(F)cc2)c(C)c1.